The standard InChI is InChI=1S/C21H23N3O3S/c1-13-7-5-8-14(2)19(13)22-17(25)12-28-21-24-23-18(27-21)11-26-20-15(3)9-6-10-16(20)4/h5-10H,11-12H2,1-4H3,(H,22,25). The second kappa shape index (κ2) is 8.93. The lowest BCUT2D eigenvalue weighted by molar-refractivity contribution is -0.113. The predicted molar refractivity (Wildman–Crippen MR) is 110 cm³/mol. The zero-order valence-corrected chi connectivity index (χ0v) is 17.2. The van der Waals surface area contributed by atoms with Crippen LogP contribution in [0.2, 0.25) is 0 Å². The number of rotatable bonds is 7. The number of benzene rings is 2. The molecule has 3 rings (SSSR count). The molecule has 6 nitrogen and oxygen atoms in total. The lowest BCUT2D eigenvalue weighted by Crippen LogP contribution is -2.15. The number of thioether (sulfide) groups is 1. The van der Waals surface area contributed by atoms with Gasteiger partial charge in [0.25, 0.3) is 11.1 Å². The van der Waals surface area contributed by atoms with E-state index in [1.165, 1.54) is 11.8 Å². The number of amides is 1. The van der Waals surface area contributed by atoms with Crippen molar-refractivity contribution in [3.8, 4) is 5.75 Å². The number of nitrogens with zero attached hydrogens (tertiary/aromatic N) is 2. The van der Waals surface area contributed by atoms with Gasteiger partial charge in [-0.15, -0.1) is 10.2 Å². The van der Waals surface area contributed by atoms with Crippen molar-refractivity contribution in [2.75, 3.05) is 11.1 Å². The highest BCUT2D eigenvalue weighted by molar-refractivity contribution is 7.99. The molecule has 0 aliphatic heterocycles. The van der Waals surface area contributed by atoms with Gasteiger partial charge in [0, 0.05) is 5.69 Å². The van der Waals surface area contributed by atoms with Crippen molar-refractivity contribution in [1.29, 1.82) is 0 Å². The number of ether oxygens (including phenoxy) is 1. The summed E-state index contributed by atoms with van der Waals surface area (Å²) in [6.45, 7) is 8.11. The van der Waals surface area contributed by atoms with Gasteiger partial charge in [0.1, 0.15) is 5.75 Å². The average molecular weight is 398 g/mol. The molecule has 0 aliphatic rings. The normalized spacial score (nSPS) is 10.7. The van der Waals surface area contributed by atoms with Crippen molar-refractivity contribution in [2.45, 2.75) is 39.5 Å². The lowest BCUT2D eigenvalue weighted by Gasteiger charge is -2.10. The first-order valence-electron chi connectivity index (χ1n) is 8.94. The number of aryl methyl sites for hydroxylation is 4. The van der Waals surface area contributed by atoms with E-state index < -0.39 is 0 Å². The Labute approximate surface area is 168 Å². The van der Waals surface area contributed by atoms with E-state index in [0.717, 1.165) is 33.7 Å². The average Bonchev–Trinajstić information content (AvgIpc) is 3.11. The Morgan fingerprint density at radius 2 is 1.61 bits per heavy atom. The van der Waals surface area contributed by atoms with Gasteiger partial charge in [0.05, 0.1) is 5.75 Å². The third-order valence-electron chi connectivity index (χ3n) is 4.27. The van der Waals surface area contributed by atoms with E-state index in [1.54, 1.807) is 0 Å². The van der Waals surface area contributed by atoms with E-state index in [2.05, 4.69) is 15.5 Å². The molecule has 0 saturated heterocycles. The molecule has 1 aromatic heterocycles. The summed E-state index contributed by atoms with van der Waals surface area (Å²) in [6.07, 6.45) is 0. The van der Waals surface area contributed by atoms with Gasteiger partial charge in [-0.1, -0.05) is 48.2 Å². The monoisotopic (exact) mass is 397 g/mol. The highest BCUT2D eigenvalue weighted by Crippen LogP contribution is 2.24. The van der Waals surface area contributed by atoms with Crippen LogP contribution < -0.4 is 10.1 Å². The van der Waals surface area contributed by atoms with E-state index >= 15 is 0 Å². The van der Waals surface area contributed by atoms with Crippen LogP contribution in [0.3, 0.4) is 0 Å². The van der Waals surface area contributed by atoms with Crippen LogP contribution in [0.25, 0.3) is 0 Å². The van der Waals surface area contributed by atoms with Crippen molar-refractivity contribution >= 4 is 23.4 Å². The molecule has 1 N–H and O–H groups in total. The number of nitrogens with one attached hydrogen (secondary N) is 1. The summed E-state index contributed by atoms with van der Waals surface area (Å²) in [6, 6.07) is 11.9. The second-order valence-corrected chi connectivity index (χ2v) is 7.50. The summed E-state index contributed by atoms with van der Waals surface area (Å²) in [5.74, 6) is 1.27. The van der Waals surface area contributed by atoms with Crippen molar-refractivity contribution < 1.29 is 13.9 Å². The van der Waals surface area contributed by atoms with E-state index in [9.17, 15) is 4.79 Å². The number of carbonyl (C=O) groups is 1. The fourth-order valence-corrected chi connectivity index (χ4v) is 3.41. The molecule has 0 bridgehead atoms. The third kappa shape index (κ3) is 4.92. The Morgan fingerprint density at radius 1 is 1.00 bits per heavy atom. The number of hydrogen-bond donors (Lipinski definition) is 1. The van der Waals surface area contributed by atoms with Gasteiger partial charge in [-0.3, -0.25) is 4.79 Å². The maximum absolute atomic E-state index is 12.2. The van der Waals surface area contributed by atoms with Gasteiger partial charge in [-0.05, 0) is 49.9 Å². The minimum absolute atomic E-state index is 0.117. The minimum Gasteiger partial charge on any atom is -0.483 e. The van der Waals surface area contributed by atoms with E-state index in [1.807, 2.05) is 64.1 Å². The third-order valence-corrected chi connectivity index (χ3v) is 5.09. The number of hydrogen-bond acceptors (Lipinski definition) is 6. The van der Waals surface area contributed by atoms with Crippen molar-refractivity contribution in [2.24, 2.45) is 0 Å². The van der Waals surface area contributed by atoms with Gasteiger partial charge < -0.3 is 14.5 Å². The topological polar surface area (TPSA) is 77.2 Å². The Morgan fingerprint density at radius 3 is 2.25 bits per heavy atom. The molecule has 0 saturated carbocycles. The smallest absolute Gasteiger partial charge is 0.277 e. The first kappa shape index (κ1) is 19.9. The molecule has 3 aromatic rings. The maximum atomic E-state index is 12.2. The second-order valence-electron chi connectivity index (χ2n) is 6.57. The van der Waals surface area contributed by atoms with Crippen molar-refractivity contribution in [3.63, 3.8) is 0 Å². The molecule has 0 spiro atoms. The highest BCUT2D eigenvalue weighted by atomic mass is 32.2. The largest absolute Gasteiger partial charge is 0.483 e. The summed E-state index contributed by atoms with van der Waals surface area (Å²) < 4.78 is 11.4. The first-order chi connectivity index (χ1) is 13.4. The van der Waals surface area contributed by atoms with Crippen LogP contribution in [0.4, 0.5) is 5.69 Å². The summed E-state index contributed by atoms with van der Waals surface area (Å²) in [7, 11) is 0. The lowest BCUT2D eigenvalue weighted by atomic mass is 10.1. The van der Waals surface area contributed by atoms with Crippen molar-refractivity contribution in [1.82, 2.24) is 10.2 Å². The highest BCUT2D eigenvalue weighted by Gasteiger charge is 2.13. The molecule has 146 valence electrons. The zero-order chi connectivity index (χ0) is 20.1. The predicted octanol–water partition coefficient (Wildman–Crippen LogP) is 4.61. The summed E-state index contributed by atoms with van der Waals surface area (Å²) in [4.78, 5) is 12.2. The van der Waals surface area contributed by atoms with Crippen molar-refractivity contribution in [3.05, 3.63) is 64.5 Å². The van der Waals surface area contributed by atoms with Crippen LogP contribution in [0.1, 0.15) is 28.1 Å². The van der Waals surface area contributed by atoms with Crippen LogP contribution in [-0.2, 0) is 11.4 Å². The molecule has 0 radical (unpaired) electrons. The summed E-state index contributed by atoms with van der Waals surface area (Å²) in [5, 5.41) is 11.2. The molecule has 1 heterocycles. The number of para-hydroxylation sites is 2. The van der Waals surface area contributed by atoms with Crippen LogP contribution in [-0.4, -0.2) is 21.9 Å². The molecular formula is C21H23N3O3S. The Balaban J connectivity index is 1.53. The maximum Gasteiger partial charge on any atom is 0.277 e. The fraction of sp³-hybridized carbons (Fsp3) is 0.286. The van der Waals surface area contributed by atoms with E-state index in [0.29, 0.717) is 11.1 Å². The Bertz CT molecular complexity index is 944. The summed E-state index contributed by atoms with van der Waals surface area (Å²) in [5.41, 5.74) is 5.01. The van der Waals surface area contributed by atoms with Crippen LogP contribution in [0, 0.1) is 27.7 Å². The molecule has 0 fully saturated rings. The number of carbonyl (C=O) groups excluding carboxylic acids is 1. The minimum atomic E-state index is -0.117. The SMILES string of the molecule is Cc1cccc(C)c1NC(=O)CSc1nnc(COc2c(C)cccc2C)o1. The van der Waals surface area contributed by atoms with Gasteiger partial charge in [-0.2, -0.15) is 0 Å². The fourth-order valence-electron chi connectivity index (χ4n) is 2.83. The molecule has 0 atom stereocenters. The number of aromatic nitrogens is 2. The molecule has 0 unspecified atom stereocenters. The van der Waals surface area contributed by atoms with Crippen LogP contribution >= 0.6 is 11.8 Å². The Hall–Kier alpha value is -2.80. The van der Waals surface area contributed by atoms with E-state index in [4.69, 9.17) is 9.15 Å². The molecule has 2 aromatic carbocycles. The van der Waals surface area contributed by atoms with Gasteiger partial charge in [0.2, 0.25) is 5.91 Å². The molecular weight excluding hydrogens is 374 g/mol. The van der Waals surface area contributed by atoms with Gasteiger partial charge in [0.15, 0.2) is 6.61 Å². The quantitative estimate of drug-likeness (QED) is 0.587. The molecule has 7 heteroatoms. The van der Waals surface area contributed by atoms with Gasteiger partial charge in [-0.25, -0.2) is 0 Å². The van der Waals surface area contributed by atoms with Crippen LogP contribution in [0.15, 0.2) is 46.0 Å². The first-order valence-corrected chi connectivity index (χ1v) is 9.93. The number of anilines is 1. The molecule has 0 aliphatic carbocycles. The van der Waals surface area contributed by atoms with Crippen LogP contribution in [0.5, 0.6) is 5.75 Å². The summed E-state index contributed by atoms with van der Waals surface area (Å²) >= 11 is 1.20. The van der Waals surface area contributed by atoms with E-state index in [-0.39, 0.29) is 18.3 Å². The molecule has 1 amide bonds. The van der Waals surface area contributed by atoms with Gasteiger partial charge >= 0.3 is 0 Å². The zero-order valence-electron chi connectivity index (χ0n) is 16.4. The molecule has 28 heavy (non-hydrogen) atoms. The Kier molecular flexibility index (Phi) is 6.36.